The molecule has 2 heterocycles. The number of nitrogens with one attached hydrogen (secondary N) is 1. The van der Waals surface area contributed by atoms with E-state index >= 15 is 0 Å². The first kappa shape index (κ1) is 29.7. The van der Waals surface area contributed by atoms with Crippen LogP contribution in [0.15, 0.2) is 0 Å². The molecular weight excluding hydrogens is 476 g/mol. The van der Waals surface area contributed by atoms with Gasteiger partial charge in [-0.1, -0.05) is 0 Å². The van der Waals surface area contributed by atoms with E-state index < -0.39 is 73.2 Å². The van der Waals surface area contributed by atoms with Gasteiger partial charge in [0.1, 0.15) is 36.6 Å². The van der Waals surface area contributed by atoms with Crippen LogP contribution in [0.4, 0.5) is 0 Å². The molecule has 2 aliphatic heterocycles. The van der Waals surface area contributed by atoms with E-state index in [9.17, 15) is 35.1 Å². The lowest BCUT2D eigenvalue weighted by Gasteiger charge is -2.46. The molecule has 0 aromatic heterocycles. The highest BCUT2D eigenvalue weighted by Gasteiger charge is 2.52. The number of amides is 1. The number of nitrogens with two attached hydrogens (primary N) is 1. The molecule has 8 N–H and O–H groups in total. The number of carbonyl (C=O) groups is 2. The third-order valence-electron chi connectivity index (χ3n) is 5.43. The number of carboxylic acid groups (broad SMARTS) is 1. The van der Waals surface area contributed by atoms with Gasteiger partial charge in [0.15, 0.2) is 18.7 Å². The number of carboxylic acids is 1. The van der Waals surface area contributed by atoms with E-state index in [1.807, 2.05) is 0 Å². The zero-order valence-electron chi connectivity index (χ0n) is 19.6. The normalized spacial score (nSPS) is 37.7. The third kappa shape index (κ3) is 8.26. The second-order valence-corrected chi connectivity index (χ2v) is 8.15. The zero-order valence-corrected chi connectivity index (χ0v) is 19.6. The third-order valence-corrected chi connectivity index (χ3v) is 5.43. The van der Waals surface area contributed by atoms with Crippen LogP contribution in [0.25, 0.3) is 0 Å². The Kier molecular flexibility index (Phi) is 12.1. The predicted octanol–water partition coefficient (Wildman–Crippen LogP) is -4.12. The van der Waals surface area contributed by atoms with Crippen molar-refractivity contribution in [3.8, 4) is 0 Å². The summed E-state index contributed by atoms with van der Waals surface area (Å²) in [6, 6.07) is -1.12. The molecule has 0 aromatic carbocycles. The molecule has 35 heavy (non-hydrogen) atoms. The van der Waals surface area contributed by atoms with Crippen LogP contribution in [0, 0.1) is 0 Å². The van der Waals surface area contributed by atoms with Crippen molar-refractivity contribution in [3.05, 3.63) is 0 Å². The molecule has 1 amide bonds. The van der Waals surface area contributed by atoms with E-state index in [2.05, 4.69) is 5.32 Å². The van der Waals surface area contributed by atoms with Crippen LogP contribution in [0.1, 0.15) is 13.8 Å². The van der Waals surface area contributed by atoms with Crippen molar-refractivity contribution in [1.82, 2.24) is 5.32 Å². The van der Waals surface area contributed by atoms with Crippen molar-refractivity contribution in [2.75, 3.05) is 39.6 Å². The lowest BCUT2D eigenvalue weighted by molar-refractivity contribution is -0.337. The zero-order chi connectivity index (χ0) is 26.1. The predicted molar refractivity (Wildman–Crippen MR) is 114 cm³/mol. The van der Waals surface area contributed by atoms with Gasteiger partial charge in [0.2, 0.25) is 5.91 Å². The Bertz CT molecular complexity index is 671. The highest BCUT2D eigenvalue weighted by Crippen LogP contribution is 2.29. The number of ether oxygens (including phenoxy) is 6. The van der Waals surface area contributed by atoms with E-state index in [0.29, 0.717) is 26.4 Å². The van der Waals surface area contributed by atoms with E-state index in [-0.39, 0.29) is 13.2 Å². The Morgan fingerprint density at radius 1 is 0.886 bits per heavy atom. The van der Waals surface area contributed by atoms with E-state index in [0.717, 1.165) is 0 Å². The number of hydrogen-bond acceptors (Lipinski definition) is 13. The Labute approximate surface area is 202 Å². The SMILES string of the molecule is CC(=O)N[C@H]1[C@H](OCCOCCOCCN)O[C@H](C)[C@@H](O)[C@@H]1O[C@H]1O[C@H](C(=O)O)[C@H](O)[C@H](O)[C@H]1O. The lowest BCUT2D eigenvalue weighted by Crippen LogP contribution is -2.67. The van der Waals surface area contributed by atoms with Gasteiger partial charge in [-0.2, -0.15) is 0 Å². The summed E-state index contributed by atoms with van der Waals surface area (Å²) in [5.41, 5.74) is 5.32. The summed E-state index contributed by atoms with van der Waals surface area (Å²) in [6.45, 7) is 4.42. The maximum atomic E-state index is 11.8. The Morgan fingerprint density at radius 3 is 2.11 bits per heavy atom. The van der Waals surface area contributed by atoms with E-state index in [1.165, 1.54) is 13.8 Å². The van der Waals surface area contributed by atoms with Gasteiger partial charge in [0.25, 0.3) is 0 Å². The number of rotatable bonds is 13. The summed E-state index contributed by atoms with van der Waals surface area (Å²) in [7, 11) is 0. The molecule has 15 heteroatoms. The van der Waals surface area contributed by atoms with Crippen LogP contribution in [0.3, 0.4) is 0 Å². The average molecular weight is 513 g/mol. The number of aliphatic carboxylic acids is 1. The molecule has 2 saturated heterocycles. The molecule has 0 unspecified atom stereocenters. The highest BCUT2D eigenvalue weighted by atomic mass is 16.7. The van der Waals surface area contributed by atoms with Crippen LogP contribution in [-0.2, 0) is 38.0 Å². The van der Waals surface area contributed by atoms with Crippen LogP contribution in [0.5, 0.6) is 0 Å². The summed E-state index contributed by atoms with van der Waals surface area (Å²) in [5.74, 6) is -2.11. The molecule has 0 spiro atoms. The molecule has 2 fully saturated rings. The maximum Gasteiger partial charge on any atom is 0.335 e. The Morgan fingerprint density at radius 2 is 1.51 bits per heavy atom. The number of aliphatic hydroxyl groups is 4. The van der Waals surface area contributed by atoms with Gasteiger partial charge in [0.05, 0.1) is 39.1 Å². The van der Waals surface area contributed by atoms with Crippen molar-refractivity contribution < 1.29 is 63.5 Å². The van der Waals surface area contributed by atoms with Crippen molar-refractivity contribution in [3.63, 3.8) is 0 Å². The topological polar surface area (TPSA) is 229 Å². The highest BCUT2D eigenvalue weighted by molar-refractivity contribution is 5.73. The van der Waals surface area contributed by atoms with Crippen molar-refractivity contribution in [1.29, 1.82) is 0 Å². The molecule has 0 aliphatic carbocycles. The van der Waals surface area contributed by atoms with Crippen LogP contribution < -0.4 is 11.1 Å². The molecule has 204 valence electrons. The van der Waals surface area contributed by atoms with Crippen LogP contribution in [0.2, 0.25) is 0 Å². The largest absolute Gasteiger partial charge is 0.479 e. The monoisotopic (exact) mass is 512 g/mol. The summed E-state index contributed by atoms with van der Waals surface area (Å²) >= 11 is 0. The van der Waals surface area contributed by atoms with Crippen molar-refractivity contribution in [2.45, 2.75) is 75.2 Å². The van der Waals surface area contributed by atoms with Gasteiger partial charge in [-0.25, -0.2) is 4.79 Å². The first-order chi connectivity index (χ1) is 16.6. The number of aliphatic hydroxyl groups excluding tert-OH is 4. The van der Waals surface area contributed by atoms with Gasteiger partial charge >= 0.3 is 5.97 Å². The van der Waals surface area contributed by atoms with Gasteiger partial charge in [-0.05, 0) is 6.92 Å². The summed E-state index contributed by atoms with van der Waals surface area (Å²) in [6.07, 6.45) is -14.0. The molecule has 10 atom stereocenters. The number of hydrogen-bond donors (Lipinski definition) is 7. The van der Waals surface area contributed by atoms with Gasteiger partial charge in [-0.15, -0.1) is 0 Å². The second kappa shape index (κ2) is 14.3. The fourth-order valence-corrected chi connectivity index (χ4v) is 3.65. The molecule has 0 saturated carbocycles. The quantitative estimate of drug-likeness (QED) is 0.116. The second-order valence-electron chi connectivity index (χ2n) is 8.15. The van der Waals surface area contributed by atoms with E-state index in [1.54, 1.807) is 0 Å². The van der Waals surface area contributed by atoms with Crippen LogP contribution >= 0.6 is 0 Å². The fourth-order valence-electron chi connectivity index (χ4n) is 3.65. The Hall–Kier alpha value is -1.50. The summed E-state index contributed by atoms with van der Waals surface area (Å²) in [5, 5.41) is 52.7. The minimum Gasteiger partial charge on any atom is -0.479 e. The molecule has 2 rings (SSSR count). The molecule has 15 nitrogen and oxygen atoms in total. The minimum atomic E-state index is -1.91. The van der Waals surface area contributed by atoms with E-state index in [4.69, 9.17) is 34.2 Å². The lowest BCUT2D eigenvalue weighted by atomic mass is 9.95. The molecular formula is C20H36N2O13. The maximum absolute atomic E-state index is 11.8. The average Bonchev–Trinajstić information content (AvgIpc) is 2.80. The molecule has 0 bridgehead atoms. The molecule has 2 aliphatic rings. The summed E-state index contributed by atoms with van der Waals surface area (Å²) in [4.78, 5) is 23.2. The first-order valence-electron chi connectivity index (χ1n) is 11.2. The van der Waals surface area contributed by atoms with Gasteiger partial charge < -0.3 is 65.0 Å². The summed E-state index contributed by atoms with van der Waals surface area (Å²) < 4.78 is 32.7. The van der Waals surface area contributed by atoms with Gasteiger partial charge in [0, 0.05) is 13.5 Å². The smallest absolute Gasteiger partial charge is 0.335 e. The molecule has 0 aromatic rings. The minimum absolute atomic E-state index is 0.0434. The molecule has 0 radical (unpaired) electrons. The Balaban J connectivity index is 2.06. The van der Waals surface area contributed by atoms with Crippen LogP contribution in [-0.4, -0.2) is 138 Å². The number of carbonyl (C=O) groups excluding carboxylic acids is 1. The first-order valence-corrected chi connectivity index (χ1v) is 11.2. The van der Waals surface area contributed by atoms with Crippen molar-refractivity contribution in [2.24, 2.45) is 5.73 Å². The van der Waals surface area contributed by atoms with Crippen molar-refractivity contribution >= 4 is 11.9 Å². The standard InChI is InChI=1S/C20H36N2O13/c1-9-12(24)16(34-20-15(27)13(25)14(26)17(35-20)18(28)29)11(22-10(2)23)19(33-9)32-8-7-31-6-5-30-4-3-21/h9,11-17,19-20,24-27H,3-8,21H2,1-2H3,(H,22,23)(H,28,29)/t9-,11-,12-,13+,14-,15-,16-,17+,19-,20+/m1/s1. The fraction of sp³-hybridized carbons (Fsp3) is 0.900. The van der Waals surface area contributed by atoms with Gasteiger partial charge in [-0.3, -0.25) is 4.79 Å².